The van der Waals surface area contributed by atoms with Crippen molar-refractivity contribution < 1.29 is 23.8 Å². The predicted octanol–water partition coefficient (Wildman–Crippen LogP) is 2.49. The summed E-state index contributed by atoms with van der Waals surface area (Å²) >= 11 is 11.5. The van der Waals surface area contributed by atoms with E-state index in [4.69, 9.17) is 33.3 Å². The Morgan fingerprint density at radius 1 is 1.37 bits per heavy atom. The Balaban J connectivity index is 2.46. The second kappa shape index (κ2) is 8.88. The average Bonchev–Trinajstić information content (AvgIpc) is 2.84. The fourth-order valence-corrected chi connectivity index (χ4v) is 2.93. The first-order chi connectivity index (χ1) is 12.8. The molecule has 1 fully saturated rings. The second-order valence-corrected chi connectivity index (χ2v) is 6.24. The summed E-state index contributed by atoms with van der Waals surface area (Å²) in [5.74, 6) is -0.0868. The average molecular weight is 411 g/mol. The zero-order chi connectivity index (χ0) is 20.1. The van der Waals surface area contributed by atoms with Gasteiger partial charge in [0, 0.05) is 7.05 Å². The fourth-order valence-electron chi connectivity index (χ4n) is 2.41. The van der Waals surface area contributed by atoms with Crippen LogP contribution in [0.4, 0.5) is 0 Å². The topological polar surface area (TPSA) is 68.3 Å². The van der Waals surface area contributed by atoms with Crippen LogP contribution in [0.1, 0.15) is 5.56 Å². The number of hydrogen-bond acceptors (Lipinski definition) is 6. The van der Waals surface area contributed by atoms with E-state index in [1.165, 1.54) is 31.1 Å². The van der Waals surface area contributed by atoms with Crippen LogP contribution in [-0.4, -0.2) is 61.2 Å². The van der Waals surface area contributed by atoms with Crippen LogP contribution in [0.3, 0.4) is 0 Å². The monoisotopic (exact) mass is 410 g/mol. The minimum absolute atomic E-state index is 0.178. The molecule has 1 aliphatic rings. The fraction of sp³-hybridized carbons (Fsp3) is 0.278. The highest BCUT2D eigenvalue weighted by Crippen LogP contribution is 2.37. The lowest BCUT2D eigenvalue weighted by molar-refractivity contribution is -0.140. The first-order valence-corrected chi connectivity index (χ1v) is 8.62. The Labute approximate surface area is 167 Å². The highest BCUT2D eigenvalue weighted by Gasteiger charge is 2.36. The molecule has 1 heterocycles. The number of amides is 1. The van der Waals surface area contributed by atoms with Gasteiger partial charge in [0.2, 0.25) is 0 Å². The summed E-state index contributed by atoms with van der Waals surface area (Å²) in [6.07, 6.45) is 3.16. The number of carbonyl (C=O) groups is 2. The number of halogens is 1. The molecule has 0 unspecified atom stereocenters. The second-order valence-electron chi connectivity index (χ2n) is 5.47. The lowest BCUT2D eigenvalue weighted by Crippen LogP contribution is -2.33. The molecule has 27 heavy (non-hydrogen) atoms. The van der Waals surface area contributed by atoms with E-state index in [9.17, 15) is 9.59 Å². The van der Waals surface area contributed by atoms with Crippen LogP contribution in [0.2, 0.25) is 5.02 Å². The van der Waals surface area contributed by atoms with E-state index in [-0.39, 0.29) is 29.9 Å². The summed E-state index contributed by atoms with van der Waals surface area (Å²) in [4.78, 5) is 26.9. The van der Waals surface area contributed by atoms with Crippen molar-refractivity contribution in [3.8, 4) is 11.5 Å². The zero-order valence-electron chi connectivity index (χ0n) is 15.2. The molecule has 0 N–H and O–H groups in total. The van der Waals surface area contributed by atoms with Gasteiger partial charge in [-0.2, -0.15) is 0 Å². The first-order valence-electron chi connectivity index (χ1n) is 7.83. The molecule has 1 saturated heterocycles. The molecular formula is C18H19ClN2O5S. The molecule has 9 heteroatoms. The van der Waals surface area contributed by atoms with Crippen molar-refractivity contribution in [2.45, 2.75) is 0 Å². The summed E-state index contributed by atoms with van der Waals surface area (Å²) in [5.41, 5.74) is 0.810. The van der Waals surface area contributed by atoms with Gasteiger partial charge in [-0.1, -0.05) is 24.3 Å². The molecule has 0 aromatic heterocycles. The molecule has 0 saturated carbocycles. The first kappa shape index (κ1) is 20.7. The molecule has 0 aliphatic carbocycles. The van der Waals surface area contributed by atoms with Crippen LogP contribution in [0, 0.1) is 0 Å². The van der Waals surface area contributed by atoms with E-state index in [0.29, 0.717) is 22.1 Å². The van der Waals surface area contributed by atoms with Gasteiger partial charge >= 0.3 is 5.97 Å². The third-order valence-corrected chi connectivity index (χ3v) is 4.52. The number of ether oxygens (including phenoxy) is 3. The largest absolute Gasteiger partial charge is 0.493 e. The minimum atomic E-state index is -0.518. The van der Waals surface area contributed by atoms with E-state index in [2.05, 4.69) is 11.3 Å². The molecule has 1 aromatic rings. The number of thiocarbonyl (C=S) groups is 1. The van der Waals surface area contributed by atoms with Gasteiger partial charge in [-0.25, -0.2) is 0 Å². The zero-order valence-corrected chi connectivity index (χ0v) is 16.7. The van der Waals surface area contributed by atoms with Gasteiger partial charge in [-0.3, -0.25) is 14.5 Å². The summed E-state index contributed by atoms with van der Waals surface area (Å²) in [7, 11) is 4.29. The summed E-state index contributed by atoms with van der Waals surface area (Å²) < 4.78 is 15.5. The lowest BCUT2D eigenvalue weighted by atomic mass is 10.1. The van der Waals surface area contributed by atoms with Crippen LogP contribution in [-0.2, 0) is 14.3 Å². The van der Waals surface area contributed by atoms with Crippen molar-refractivity contribution in [3.05, 3.63) is 41.1 Å². The number of nitrogens with zero attached hydrogens (tertiary/aromatic N) is 2. The molecule has 0 radical (unpaired) electrons. The van der Waals surface area contributed by atoms with Gasteiger partial charge in [0.1, 0.15) is 18.8 Å². The molecule has 0 bridgehead atoms. The maximum Gasteiger partial charge on any atom is 0.325 e. The number of carbonyl (C=O) groups excluding carboxylic acids is 2. The van der Waals surface area contributed by atoms with E-state index in [1.54, 1.807) is 24.3 Å². The van der Waals surface area contributed by atoms with Crippen molar-refractivity contribution in [2.24, 2.45) is 0 Å². The number of likely N-dealkylation sites (N-methyl/N-ethyl adjacent to an activating group) is 1. The highest BCUT2D eigenvalue weighted by molar-refractivity contribution is 7.80. The van der Waals surface area contributed by atoms with Crippen molar-refractivity contribution in [1.29, 1.82) is 0 Å². The minimum Gasteiger partial charge on any atom is -0.493 e. The van der Waals surface area contributed by atoms with Gasteiger partial charge < -0.3 is 19.1 Å². The quantitative estimate of drug-likeness (QED) is 0.296. The number of rotatable bonds is 7. The molecule has 0 spiro atoms. The van der Waals surface area contributed by atoms with Gasteiger partial charge in [0.25, 0.3) is 5.91 Å². The third-order valence-electron chi connectivity index (χ3n) is 3.75. The Hall–Kier alpha value is -2.58. The van der Waals surface area contributed by atoms with Gasteiger partial charge in [-0.15, -0.1) is 0 Å². The van der Waals surface area contributed by atoms with Crippen molar-refractivity contribution >= 4 is 46.9 Å². The van der Waals surface area contributed by atoms with Gasteiger partial charge in [0.15, 0.2) is 16.6 Å². The van der Waals surface area contributed by atoms with Crippen LogP contribution in [0.5, 0.6) is 11.5 Å². The van der Waals surface area contributed by atoms with E-state index in [1.807, 2.05) is 0 Å². The molecular weight excluding hydrogens is 392 g/mol. The Kier molecular flexibility index (Phi) is 6.81. The molecule has 0 atom stereocenters. The van der Waals surface area contributed by atoms with Crippen LogP contribution in [0.25, 0.3) is 6.08 Å². The van der Waals surface area contributed by atoms with Crippen LogP contribution < -0.4 is 9.47 Å². The smallest absolute Gasteiger partial charge is 0.325 e. The number of esters is 1. The lowest BCUT2D eigenvalue weighted by Gasteiger charge is -2.17. The van der Waals surface area contributed by atoms with Crippen LogP contribution in [0.15, 0.2) is 30.5 Å². The summed E-state index contributed by atoms with van der Waals surface area (Å²) in [5, 5.41) is 0.518. The van der Waals surface area contributed by atoms with E-state index >= 15 is 0 Å². The summed E-state index contributed by atoms with van der Waals surface area (Å²) in [6, 6.07) is 3.29. The molecule has 1 aromatic carbocycles. The van der Waals surface area contributed by atoms with Gasteiger partial charge in [0.05, 0.1) is 19.2 Å². The maximum atomic E-state index is 12.5. The van der Waals surface area contributed by atoms with E-state index in [0.717, 1.165) is 0 Å². The maximum absolute atomic E-state index is 12.5. The van der Waals surface area contributed by atoms with Gasteiger partial charge in [-0.05, 0) is 36.0 Å². The number of hydrogen-bond donors (Lipinski definition) is 0. The number of methoxy groups -OCH3 is 2. The van der Waals surface area contributed by atoms with Crippen LogP contribution >= 0.6 is 23.8 Å². The Morgan fingerprint density at radius 2 is 2.07 bits per heavy atom. The predicted molar refractivity (Wildman–Crippen MR) is 106 cm³/mol. The Morgan fingerprint density at radius 3 is 2.67 bits per heavy atom. The van der Waals surface area contributed by atoms with Crippen molar-refractivity contribution in [3.63, 3.8) is 0 Å². The number of benzene rings is 1. The Bertz CT molecular complexity index is 824. The molecule has 1 amide bonds. The molecule has 144 valence electrons. The SMILES string of the molecule is C=CCOc1c(Cl)cc(/C=C2/C(=O)N(C)C(=S)N2CC(=O)OC)cc1OC. The molecule has 1 aliphatic heterocycles. The normalized spacial score (nSPS) is 15.3. The highest BCUT2D eigenvalue weighted by atomic mass is 35.5. The third kappa shape index (κ3) is 4.40. The standard InChI is InChI=1S/C18H19ClN2O5S/c1-5-6-26-16-12(19)7-11(9-14(16)24-3)8-13-17(23)20(2)18(27)21(13)10-15(22)25-4/h5,7-9H,1,6,10H2,2-4H3/b13-8-. The summed E-state index contributed by atoms with van der Waals surface area (Å²) in [6.45, 7) is 3.68. The van der Waals surface area contributed by atoms with Crippen molar-refractivity contribution in [2.75, 3.05) is 34.4 Å². The van der Waals surface area contributed by atoms with Crippen molar-refractivity contribution in [1.82, 2.24) is 9.80 Å². The molecule has 2 rings (SSSR count). The molecule has 7 nitrogen and oxygen atoms in total. The van der Waals surface area contributed by atoms with E-state index < -0.39 is 5.97 Å².